The molecule has 2 aromatic heterocycles. The number of hydrogen-bond acceptors (Lipinski definition) is 6. The lowest BCUT2D eigenvalue weighted by Gasteiger charge is -2.00. The Morgan fingerprint density at radius 3 is 2.60 bits per heavy atom. The lowest BCUT2D eigenvalue weighted by molar-refractivity contribution is 0.425. The van der Waals surface area contributed by atoms with Crippen molar-refractivity contribution in [3.8, 4) is 11.5 Å². The van der Waals surface area contributed by atoms with E-state index >= 15 is 0 Å². The maximum atomic E-state index is 8.87. The molecule has 2 aromatic rings. The number of rotatable bonds is 2. The summed E-state index contributed by atoms with van der Waals surface area (Å²) in [5.74, 6) is 0.522. The summed E-state index contributed by atoms with van der Waals surface area (Å²) in [6.45, 7) is 0. The summed E-state index contributed by atoms with van der Waals surface area (Å²) in [6.07, 6.45) is 1.37. The van der Waals surface area contributed by atoms with Gasteiger partial charge in [-0.3, -0.25) is 4.98 Å². The first kappa shape index (κ1) is 9.75. The monoisotopic (exact) mass is 205 g/mol. The molecule has 0 saturated heterocycles. The Morgan fingerprint density at radius 2 is 2.13 bits per heavy atom. The molecule has 0 aromatic carbocycles. The van der Waals surface area contributed by atoms with Gasteiger partial charge in [-0.25, -0.2) is 4.68 Å². The van der Waals surface area contributed by atoms with Gasteiger partial charge in [0.2, 0.25) is 0 Å². The lowest BCUT2D eigenvalue weighted by Crippen LogP contribution is -2.29. The van der Waals surface area contributed by atoms with E-state index in [2.05, 4.69) is 20.5 Å². The number of tetrazole rings is 1. The Bertz CT molecular complexity index is 455. The topological polar surface area (TPSA) is 97.0 Å². The van der Waals surface area contributed by atoms with Crippen LogP contribution in [0.5, 0.6) is 0 Å². The van der Waals surface area contributed by atoms with E-state index in [0.29, 0.717) is 17.0 Å². The summed E-state index contributed by atoms with van der Waals surface area (Å²) < 4.78 is 1.48. The van der Waals surface area contributed by atoms with Crippen molar-refractivity contribution in [1.82, 2.24) is 25.2 Å². The molecule has 0 atom stereocenters. The molecule has 7 nitrogen and oxygen atoms in total. The minimum Gasteiger partial charge on any atom is -0.423 e. The molecule has 2 N–H and O–H groups in total. The molecule has 76 valence electrons. The molecule has 0 unspecified atom stereocenters. The van der Waals surface area contributed by atoms with Crippen LogP contribution in [-0.4, -0.2) is 42.4 Å². The Kier molecular flexibility index (Phi) is 2.44. The van der Waals surface area contributed by atoms with Gasteiger partial charge in [0.15, 0.2) is 5.82 Å². The molecule has 0 spiro atoms. The number of aryl methyl sites for hydroxylation is 1. The van der Waals surface area contributed by atoms with Crippen LogP contribution in [0.15, 0.2) is 18.3 Å². The third kappa shape index (κ3) is 1.85. The molecule has 0 aliphatic rings. The average Bonchev–Trinajstić information content (AvgIpc) is 2.65. The third-order valence-electron chi connectivity index (χ3n) is 1.93. The molecule has 8 heteroatoms. The molecule has 0 fully saturated rings. The van der Waals surface area contributed by atoms with Gasteiger partial charge in [0.05, 0.1) is 0 Å². The quantitative estimate of drug-likeness (QED) is 0.547. The largest absolute Gasteiger partial charge is 0.490 e. The smallest absolute Gasteiger partial charge is 0.423 e. The van der Waals surface area contributed by atoms with Gasteiger partial charge in [-0.15, -0.1) is 5.10 Å². The summed E-state index contributed by atoms with van der Waals surface area (Å²) in [5, 5.41) is 28.7. The van der Waals surface area contributed by atoms with Gasteiger partial charge < -0.3 is 10.0 Å². The standard InChI is InChI=1S/C7H8BN5O2/c1-13-7(10-11-12-13)6-3-2-5(4-9-6)8(14)15/h2-4,14-15H,1H3. The minimum atomic E-state index is -1.51. The van der Waals surface area contributed by atoms with E-state index in [1.54, 1.807) is 19.2 Å². The van der Waals surface area contributed by atoms with Crippen molar-refractivity contribution >= 4 is 12.6 Å². The molecule has 0 saturated carbocycles. The van der Waals surface area contributed by atoms with Crippen molar-refractivity contribution in [1.29, 1.82) is 0 Å². The number of pyridine rings is 1. The number of nitrogens with zero attached hydrogens (tertiary/aromatic N) is 5. The second-order valence-corrected chi connectivity index (χ2v) is 2.98. The van der Waals surface area contributed by atoms with E-state index < -0.39 is 7.12 Å². The maximum Gasteiger partial charge on any atom is 0.490 e. The summed E-state index contributed by atoms with van der Waals surface area (Å²) in [4.78, 5) is 4.02. The second-order valence-electron chi connectivity index (χ2n) is 2.98. The second kappa shape index (κ2) is 3.75. The molecule has 0 bridgehead atoms. The average molecular weight is 205 g/mol. The van der Waals surface area contributed by atoms with Crippen LogP contribution < -0.4 is 5.46 Å². The Hall–Kier alpha value is -1.80. The Balaban J connectivity index is 2.36. The fourth-order valence-corrected chi connectivity index (χ4v) is 1.14. The Morgan fingerprint density at radius 1 is 1.33 bits per heavy atom. The molecule has 0 radical (unpaired) electrons. The predicted molar refractivity (Wildman–Crippen MR) is 51.9 cm³/mol. The van der Waals surface area contributed by atoms with E-state index in [1.807, 2.05) is 0 Å². The van der Waals surface area contributed by atoms with E-state index in [1.165, 1.54) is 10.9 Å². The first-order chi connectivity index (χ1) is 7.18. The predicted octanol–water partition coefficient (Wildman–Crippen LogP) is -2.05. The van der Waals surface area contributed by atoms with Gasteiger partial charge >= 0.3 is 7.12 Å². The van der Waals surface area contributed by atoms with E-state index in [-0.39, 0.29) is 0 Å². The maximum absolute atomic E-state index is 8.87. The van der Waals surface area contributed by atoms with Gasteiger partial charge in [-0.2, -0.15) is 0 Å². The summed E-state index contributed by atoms with van der Waals surface area (Å²) in [6, 6.07) is 3.18. The van der Waals surface area contributed by atoms with Crippen LogP contribution in [-0.2, 0) is 7.05 Å². The zero-order valence-electron chi connectivity index (χ0n) is 7.94. The van der Waals surface area contributed by atoms with Gasteiger partial charge in [0.1, 0.15) is 5.69 Å². The first-order valence-corrected chi connectivity index (χ1v) is 4.23. The van der Waals surface area contributed by atoms with Crippen LogP contribution in [0.4, 0.5) is 0 Å². The summed E-state index contributed by atoms with van der Waals surface area (Å²) in [7, 11) is 0.190. The first-order valence-electron chi connectivity index (χ1n) is 4.23. The van der Waals surface area contributed by atoms with Crippen molar-refractivity contribution in [3.63, 3.8) is 0 Å². The van der Waals surface area contributed by atoms with Gasteiger partial charge in [-0.05, 0) is 16.5 Å². The molecule has 0 aliphatic carbocycles. The van der Waals surface area contributed by atoms with E-state index in [0.717, 1.165) is 0 Å². The fraction of sp³-hybridized carbons (Fsp3) is 0.143. The zero-order chi connectivity index (χ0) is 10.8. The van der Waals surface area contributed by atoms with Crippen LogP contribution in [0.2, 0.25) is 0 Å². The SMILES string of the molecule is Cn1nnnc1-c1ccc(B(O)O)cn1. The van der Waals surface area contributed by atoms with Crippen molar-refractivity contribution in [3.05, 3.63) is 18.3 Å². The highest BCUT2D eigenvalue weighted by molar-refractivity contribution is 6.58. The molecule has 2 heterocycles. The summed E-state index contributed by atoms with van der Waals surface area (Å²) >= 11 is 0. The normalized spacial score (nSPS) is 10.3. The van der Waals surface area contributed by atoms with Crippen molar-refractivity contribution < 1.29 is 10.0 Å². The molecule has 2 rings (SSSR count). The molecular formula is C7H8BN5O2. The lowest BCUT2D eigenvalue weighted by atomic mass is 9.82. The van der Waals surface area contributed by atoms with Crippen LogP contribution in [0.1, 0.15) is 0 Å². The fourth-order valence-electron chi connectivity index (χ4n) is 1.14. The number of aromatic nitrogens is 5. The minimum absolute atomic E-state index is 0.328. The van der Waals surface area contributed by atoms with Crippen molar-refractivity contribution in [2.75, 3.05) is 0 Å². The van der Waals surface area contributed by atoms with Crippen LogP contribution in [0.3, 0.4) is 0 Å². The summed E-state index contributed by atoms with van der Waals surface area (Å²) in [5.41, 5.74) is 0.903. The van der Waals surface area contributed by atoms with Crippen molar-refractivity contribution in [2.24, 2.45) is 7.05 Å². The van der Waals surface area contributed by atoms with Gasteiger partial charge in [-0.1, -0.05) is 6.07 Å². The van der Waals surface area contributed by atoms with Gasteiger partial charge in [0.25, 0.3) is 0 Å². The molecular weight excluding hydrogens is 197 g/mol. The van der Waals surface area contributed by atoms with E-state index in [4.69, 9.17) is 10.0 Å². The van der Waals surface area contributed by atoms with Crippen LogP contribution >= 0.6 is 0 Å². The Labute approximate surface area is 85.5 Å². The van der Waals surface area contributed by atoms with Crippen LogP contribution in [0.25, 0.3) is 11.5 Å². The zero-order valence-corrected chi connectivity index (χ0v) is 7.94. The highest BCUT2D eigenvalue weighted by Crippen LogP contribution is 2.08. The van der Waals surface area contributed by atoms with Gasteiger partial charge in [0, 0.05) is 18.7 Å². The van der Waals surface area contributed by atoms with Crippen molar-refractivity contribution in [2.45, 2.75) is 0 Å². The highest BCUT2D eigenvalue weighted by atomic mass is 16.4. The highest BCUT2D eigenvalue weighted by Gasteiger charge is 2.12. The molecule has 0 amide bonds. The third-order valence-corrected chi connectivity index (χ3v) is 1.93. The molecule has 0 aliphatic heterocycles. The number of hydrogen-bond donors (Lipinski definition) is 2. The molecule has 15 heavy (non-hydrogen) atoms. The van der Waals surface area contributed by atoms with Crippen LogP contribution in [0, 0.1) is 0 Å². The van der Waals surface area contributed by atoms with E-state index in [9.17, 15) is 0 Å².